The number of benzene rings is 9. The van der Waals surface area contributed by atoms with Gasteiger partial charge in [0.1, 0.15) is 5.75 Å². The van der Waals surface area contributed by atoms with E-state index in [0.717, 1.165) is 98.2 Å². The van der Waals surface area contributed by atoms with Crippen molar-refractivity contribution >= 4 is 92.8 Å². The second-order valence-electron chi connectivity index (χ2n) is 22.7. The highest BCUT2D eigenvalue weighted by Crippen LogP contribution is 2.51. The molecule has 1 aromatic heterocycles. The number of fused-ring (bicyclic) bond motifs is 9. The van der Waals surface area contributed by atoms with Crippen molar-refractivity contribution in [2.24, 2.45) is 0 Å². The second-order valence-corrected chi connectivity index (χ2v) is 23.5. The molecule has 0 bridgehead atoms. The van der Waals surface area contributed by atoms with E-state index >= 15 is 8.63 Å². The maximum absolute atomic E-state index is 18.2. The van der Waals surface area contributed by atoms with Gasteiger partial charge in [0.2, 0.25) is 0 Å². The van der Waals surface area contributed by atoms with Crippen molar-refractivity contribution in [3.63, 3.8) is 0 Å². The second kappa shape index (κ2) is 21.3. The maximum atomic E-state index is 18.2. The number of hydrogen-bond donors (Lipinski definition) is 0. The Hall–Kier alpha value is -9.42. The summed E-state index contributed by atoms with van der Waals surface area (Å²) in [5.74, 6) is -1.18. The minimum atomic E-state index is -4.45. The Morgan fingerprint density at radius 3 is 1.87 bits per heavy atom. The number of aryl methyl sites for hydroxylation is 4. The van der Waals surface area contributed by atoms with Crippen LogP contribution in [0.2, 0.25) is 10.0 Å². The molecule has 0 atom stereocenters. The smallest absolute Gasteiger partial charge is 0.426 e. The Morgan fingerprint density at radius 2 is 1.17 bits per heavy atom. The predicted molar refractivity (Wildman–Crippen MR) is 340 cm³/mol. The lowest BCUT2D eigenvalue weighted by Crippen LogP contribution is -2.51. The van der Waals surface area contributed by atoms with Gasteiger partial charge >= 0.3 is 12.9 Å². The van der Waals surface area contributed by atoms with Crippen LogP contribution in [-0.2, 0) is 30.5 Å². The van der Waals surface area contributed by atoms with Crippen LogP contribution in [0, 0.1) is 0 Å². The Balaban J connectivity index is 0.657. The fourth-order valence-electron chi connectivity index (χ4n) is 13.8. The van der Waals surface area contributed by atoms with Crippen molar-refractivity contribution in [3.05, 3.63) is 284 Å². The highest BCUT2D eigenvalue weighted by molar-refractivity contribution is 6.59. The number of para-hydroxylation sites is 2. The first-order valence-corrected chi connectivity index (χ1v) is 30.0. The van der Waals surface area contributed by atoms with E-state index in [1.54, 1.807) is 18.2 Å². The minimum Gasteiger partial charge on any atom is -0.426 e. The van der Waals surface area contributed by atoms with Crippen molar-refractivity contribution in [2.45, 2.75) is 57.8 Å². The number of aromatic nitrogens is 1. The summed E-state index contributed by atoms with van der Waals surface area (Å²) < 4.78 is 44.7. The molecule has 10 aromatic rings. The van der Waals surface area contributed by atoms with Crippen molar-refractivity contribution in [2.75, 3.05) is 9.80 Å². The average Bonchev–Trinajstić information content (AvgIpc) is 1.50. The topological polar surface area (TPSA) is 74.9 Å². The van der Waals surface area contributed by atoms with Crippen LogP contribution < -0.4 is 14.5 Å². The number of allylic oxidation sites excluding steroid dienone is 2. The van der Waals surface area contributed by atoms with E-state index in [1.807, 2.05) is 133 Å². The van der Waals surface area contributed by atoms with E-state index in [-0.39, 0.29) is 22.2 Å². The number of hydrogen-bond acceptors (Lipinski definition) is 5. The molecule has 0 unspecified atom stereocenters. The maximum Gasteiger partial charge on any atom is 0.737 e. The van der Waals surface area contributed by atoms with E-state index in [2.05, 4.69) is 53.4 Å². The van der Waals surface area contributed by atoms with Crippen molar-refractivity contribution in [3.8, 4) is 28.1 Å². The van der Waals surface area contributed by atoms with Gasteiger partial charge in [-0.1, -0.05) is 145 Å². The van der Waals surface area contributed by atoms with Crippen molar-refractivity contribution in [1.82, 2.24) is 4.48 Å². The van der Waals surface area contributed by atoms with E-state index in [4.69, 9.17) is 27.9 Å². The average molecular weight is 1170 g/mol. The fraction of sp³-hybridized carbons (Fsp3) is 0.123. The van der Waals surface area contributed by atoms with E-state index in [1.165, 1.54) is 26.0 Å². The molecular formula is C73H53BCl2F2N4O4. The lowest BCUT2D eigenvalue weighted by Gasteiger charge is -2.34. The summed E-state index contributed by atoms with van der Waals surface area (Å²) in [6.07, 6.45) is 7.34. The van der Waals surface area contributed by atoms with E-state index in [9.17, 15) is 14.4 Å². The molecule has 0 radical (unpaired) electrons. The molecule has 420 valence electrons. The summed E-state index contributed by atoms with van der Waals surface area (Å²) in [6, 6.07) is 66.0. The molecule has 0 spiro atoms. The number of halogens is 4. The van der Waals surface area contributed by atoms with E-state index in [0.29, 0.717) is 81.8 Å². The molecule has 0 fully saturated rings. The lowest BCUT2D eigenvalue weighted by molar-refractivity contribution is -0.361. The molecule has 8 nitrogen and oxygen atoms in total. The van der Waals surface area contributed by atoms with Gasteiger partial charge in [-0.15, -0.1) is 0 Å². The number of carbonyl (C=O) groups excluding carboxylic acids is 3. The summed E-state index contributed by atoms with van der Waals surface area (Å²) in [7, 11) is 0. The summed E-state index contributed by atoms with van der Waals surface area (Å²) in [5.41, 5.74) is 15.1. The Kier molecular flexibility index (Phi) is 13.2. The lowest BCUT2D eigenvalue weighted by atomic mass is 9.84. The standard InChI is InChI=1S/C73H53BCl2F2N4O4/c75-62-43-55(44-63(76)68(62)69-64-41-49-20-12-18-46-16-7-9-26-57(46)70(49)81(64)74(77,78)82-65(69)42-50-21-13-19-47-17-8-10-27-58(47)71(50)82)86-66(83)30-11-15-45-31-35-54(36-32-45)80-72(84)60-29-14-28-59-56(39-40-61(67(59)60)73(80)85)48-33-37-53(38-34-48)79(51-22-3-1-4-23-51)52-24-5-2-6-25-52/h1-10,14,16-17,22-29,31-44H,11-13,15,18-21,30H2. The summed E-state index contributed by atoms with van der Waals surface area (Å²) in [5, 5.41) is 1.76. The van der Waals surface area contributed by atoms with Gasteiger partial charge < -0.3 is 27.2 Å². The highest BCUT2D eigenvalue weighted by Gasteiger charge is 2.57. The number of esters is 1. The number of amides is 2. The zero-order valence-electron chi connectivity index (χ0n) is 46.6. The van der Waals surface area contributed by atoms with Gasteiger partial charge in [0.05, 0.1) is 21.3 Å². The number of anilines is 4. The minimum absolute atomic E-state index is 0.0597. The highest BCUT2D eigenvalue weighted by atomic mass is 35.5. The quantitative estimate of drug-likeness (QED) is 0.0558. The van der Waals surface area contributed by atoms with Crippen LogP contribution in [0.15, 0.2) is 224 Å². The van der Waals surface area contributed by atoms with Gasteiger partial charge in [0.15, 0.2) is 11.4 Å². The summed E-state index contributed by atoms with van der Waals surface area (Å²) in [4.78, 5) is 45.7. The Morgan fingerprint density at radius 1 is 0.593 bits per heavy atom. The van der Waals surface area contributed by atoms with Gasteiger partial charge in [0, 0.05) is 86.3 Å². The van der Waals surface area contributed by atoms with Gasteiger partial charge in [-0.25, -0.2) is 4.90 Å². The van der Waals surface area contributed by atoms with Crippen LogP contribution in [0.5, 0.6) is 5.75 Å². The molecule has 13 heteroatoms. The van der Waals surface area contributed by atoms with Gasteiger partial charge in [-0.2, -0.15) is 0 Å². The number of ether oxygens (including phenoxy) is 1. The largest absolute Gasteiger partial charge is 0.737 e. The van der Waals surface area contributed by atoms with Crippen molar-refractivity contribution < 1.29 is 32.2 Å². The first-order chi connectivity index (χ1) is 42.0. The van der Waals surface area contributed by atoms with Crippen LogP contribution in [0.1, 0.15) is 91.9 Å². The van der Waals surface area contributed by atoms with Gasteiger partial charge in [-0.3, -0.25) is 14.4 Å². The SMILES string of the molecule is O=C(CCCc1ccc(N2C(=O)c3cccc4c(-c5ccc(N(c6ccccc6)c6ccccc6)cc5)ccc(c34)C2=O)cc1)Oc1cc(Cl)c(C2=C3C=C4CCCc5ccccc5C4=[N+]3[B-](F)(F)n3c2cc2c3-c3ccccc3CCC2)c(Cl)c1. The molecule has 0 N–H and O–H groups in total. The molecule has 2 aliphatic carbocycles. The number of rotatable bonds is 11. The van der Waals surface area contributed by atoms with Gasteiger partial charge in [0.25, 0.3) is 11.8 Å². The summed E-state index contributed by atoms with van der Waals surface area (Å²) in [6.45, 7) is -4.45. The molecule has 0 saturated heterocycles. The third-order valence-electron chi connectivity index (χ3n) is 17.6. The molecule has 5 aliphatic rings. The molecule has 15 rings (SSSR count). The van der Waals surface area contributed by atoms with Crippen LogP contribution in [-0.4, -0.2) is 39.4 Å². The molecule has 86 heavy (non-hydrogen) atoms. The molecule has 0 saturated carbocycles. The third-order valence-corrected chi connectivity index (χ3v) is 18.2. The van der Waals surface area contributed by atoms with Gasteiger partial charge in [-0.05, 0) is 168 Å². The monoisotopic (exact) mass is 1170 g/mol. The number of imide groups is 1. The Labute approximate surface area is 506 Å². The fourth-order valence-corrected chi connectivity index (χ4v) is 14.5. The number of nitrogens with zero attached hydrogens (tertiary/aromatic N) is 4. The molecular weight excluding hydrogens is 1120 g/mol. The molecule has 3 aliphatic heterocycles. The zero-order chi connectivity index (χ0) is 58.4. The van der Waals surface area contributed by atoms with E-state index < -0.39 is 24.8 Å². The first-order valence-electron chi connectivity index (χ1n) is 29.3. The van der Waals surface area contributed by atoms with Crippen LogP contribution in [0.3, 0.4) is 0 Å². The van der Waals surface area contributed by atoms with Crippen LogP contribution in [0.25, 0.3) is 38.7 Å². The Bertz CT molecular complexity index is 4510. The predicted octanol–water partition coefficient (Wildman–Crippen LogP) is 17.7. The number of carbonyl (C=O) groups is 3. The molecule has 2 amide bonds. The zero-order valence-corrected chi connectivity index (χ0v) is 48.1. The van der Waals surface area contributed by atoms with Crippen LogP contribution >= 0.6 is 23.2 Å². The molecule has 9 aromatic carbocycles. The summed E-state index contributed by atoms with van der Waals surface area (Å²) >= 11 is 14.5. The van der Waals surface area contributed by atoms with Crippen molar-refractivity contribution in [1.29, 1.82) is 0 Å². The normalized spacial score (nSPS) is 15.4. The first kappa shape index (κ1) is 53.3. The van der Waals surface area contributed by atoms with Crippen LogP contribution in [0.4, 0.5) is 31.4 Å². The third kappa shape index (κ3) is 8.85. The molecule has 4 heterocycles.